The highest BCUT2D eigenvalue weighted by Gasteiger charge is 1.99. The third-order valence-corrected chi connectivity index (χ3v) is 0.907. The molecule has 1 N–H and O–H groups in total. The minimum absolute atomic E-state index is 0.213. The average Bonchev–Trinajstić information content (AvgIpc) is 2.33. The summed E-state index contributed by atoms with van der Waals surface area (Å²) in [6.45, 7) is 0. The van der Waals surface area contributed by atoms with Crippen molar-refractivity contribution in [1.29, 1.82) is 5.26 Å². The number of hydrogen-bond donors (Lipinski definition) is 1. The molecule has 0 aliphatic rings. The molecule has 0 saturated carbocycles. The van der Waals surface area contributed by atoms with Gasteiger partial charge in [0.25, 0.3) is 0 Å². The molecule has 4 heteroatoms. The predicted molar refractivity (Wildman–Crippen MR) is 28.7 cm³/mol. The zero-order valence-corrected chi connectivity index (χ0v) is 4.46. The minimum Gasteiger partial charge on any atom is -0.298 e. The lowest BCUT2D eigenvalue weighted by atomic mass is 10.3. The zero-order valence-electron chi connectivity index (χ0n) is 4.46. The van der Waals surface area contributed by atoms with Gasteiger partial charge in [-0.3, -0.25) is 9.89 Å². The number of H-pyrrole nitrogens is 1. The summed E-state index contributed by atoms with van der Waals surface area (Å²) in [6.07, 6.45) is 1.90. The molecule has 1 aromatic rings. The third kappa shape index (κ3) is 0.795. The Bertz CT molecular complexity index is 257. The van der Waals surface area contributed by atoms with Gasteiger partial charge >= 0.3 is 0 Å². The normalized spacial score (nSPS) is 8.33. The van der Waals surface area contributed by atoms with Crippen molar-refractivity contribution in [1.82, 2.24) is 10.2 Å². The topological polar surface area (TPSA) is 69.5 Å². The lowest BCUT2D eigenvalue weighted by Gasteiger charge is -1.75. The number of aldehydes is 1. The molecule has 1 aromatic heterocycles. The zero-order chi connectivity index (χ0) is 6.69. The Morgan fingerprint density at radius 3 is 3.11 bits per heavy atom. The maximum absolute atomic E-state index is 10.0. The molecular weight excluding hydrogens is 118 g/mol. The SMILES string of the molecule is N#Cc1[nH]ncc1C=O. The summed E-state index contributed by atoms with van der Waals surface area (Å²) < 4.78 is 0. The van der Waals surface area contributed by atoms with Gasteiger partial charge in [0.05, 0.1) is 11.8 Å². The van der Waals surface area contributed by atoms with E-state index in [-0.39, 0.29) is 5.69 Å². The first-order valence-electron chi connectivity index (χ1n) is 2.27. The van der Waals surface area contributed by atoms with Crippen LogP contribution in [0.2, 0.25) is 0 Å². The Kier molecular flexibility index (Phi) is 1.28. The maximum Gasteiger partial charge on any atom is 0.154 e. The van der Waals surface area contributed by atoms with Gasteiger partial charge in [-0.2, -0.15) is 10.4 Å². The van der Waals surface area contributed by atoms with Gasteiger partial charge in [-0.1, -0.05) is 0 Å². The highest BCUT2D eigenvalue weighted by Crippen LogP contribution is 1.96. The molecular formula is C5H3N3O. The predicted octanol–water partition coefficient (Wildman–Crippen LogP) is 0.0939. The van der Waals surface area contributed by atoms with Crippen molar-refractivity contribution in [3.05, 3.63) is 17.5 Å². The molecule has 4 nitrogen and oxygen atoms in total. The van der Waals surface area contributed by atoms with Crippen molar-refractivity contribution in [2.45, 2.75) is 0 Å². The Morgan fingerprint density at radius 2 is 2.67 bits per heavy atom. The molecule has 0 atom stereocenters. The number of carbonyl (C=O) groups excluding carboxylic acids is 1. The molecule has 0 unspecified atom stereocenters. The number of aromatic amines is 1. The van der Waals surface area contributed by atoms with Gasteiger partial charge in [0, 0.05) is 0 Å². The van der Waals surface area contributed by atoms with Crippen molar-refractivity contribution in [3.63, 3.8) is 0 Å². The van der Waals surface area contributed by atoms with Crippen LogP contribution in [0.3, 0.4) is 0 Å². The molecule has 1 rings (SSSR count). The molecule has 44 valence electrons. The van der Waals surface area contributed by atoms with E-state index < -0.39 is 0 Å². The van der Waals surface area contributed by atoms with Gasteiger partial charge in [-0.15, -0.1) is 0 Å². The summed E-state index contributed by atoms with van der Waals surface area (Å²) >= 11 is 0. The third-order valence-electron chi connectivity index (χ3n) is 0.907. The summed E-state index contributed by atoms with van der Waals surface area (Å²) in [5, 5.41) is 14.1. The van der Waals surface area contributed by atoms with Crippen LogP contribution in [0.5, 0.6) is 0 Å². The van der Waals surface area contributed by atoms with Gasteiger partial charge in [0.1, 0.15) is 11.8 Å². The fourth-order valence-electron chi connectivity index (χ4n) is 0.474. The molecule has 0 fully saturated rings. The maximum atomic E-state index is 10.0. The van der Waals surface area contributed by atoms with Crippen LogP contribution < -0.4 is 0 Å². The molecule has 1 heterocycles. The Labute approximate surface area is 51.1 Å². The Morgan fingerprint density at radius 1 is 1.89 bits per heavy atom. The van der Waals surface area contributed by atoms with Crippen molar-refractivity contribution < 1.29 is 4.79 Å². The van der Waals surface area contributed by atoms with Crippen LogP contribution >= 0.6 is 0 Å². The standard InChI is InChI=1S/C5H3N3O/c6-1-5-4(3-9)2-7-8-5/h2-3H,(H,7,8). The Hall–Kier alpha value is -1.63. The van der Waals surface area contributed by atoms with Crippen LogP contribution in [-0.2, 0) is 0 Å². The number of nitrogens with zero attached hydrogens (tertiary/aromatic N) is 2. The molecule has 0 aromatic carbocycles. The average molecular weight is 121 g/mol. The lowest BCUT2D eigenvalue weighted by molar-refractivity contribution is 0.112. The van der Waals surface area contributed by atoms with E-state index in [1.165, 1.54) is 6.20 Å². The molecule has 0 saturated heterocycles. The largest absolute Gasteiger partial charge is 0.298 e. The summed E-state index contributed by atoms with van der Waals surface area (Å²) in [5.74, 6) is 0. The number of aromatic nitrogens is 2. The number of hydrogen-bond acceptors (Lipinski definition) is 3. The second-order valence-corrected chi connectivity index (χ2v) is 1.43. The van der Waals surface area contributed by atoms with Crippen LogP contribution in [-0.4, -0.2) is 16.5 Å². The number of nitrogens with one attached hydrogen (secondary N) is 1. The number of nitriles is 1. The second-order valence-electron chi connectivity index (χ2n) is 1.43. The van der Waals surface area contributed by atoms with E-state index in [0.717, 1.165) is 0 Å². The monoisotopic (exact) mass is 121 g/mol. The molecule has 0 spiro atoms. The van der Waals surface area contributed by atoms with Gasteiger partial charge in [0.15, 0.2) is 6.29 Å². The molecule has 0 aliphatic heterocycles. The van der Waals surface area contributed by atoms with Crippen molar-refractivity contribution in [2.75, 3.05) is 0 Å². The highest BCUT2D eigenvalue weighted by molar-refractivity contribution is 5.77. The molecule has 9 heavy (non-hydrogen) atoms. The molecule has 0 bridgehead atoms. The van der Waals surface area contributed by atoms with Crippen molar-refractivity contribution in [3.8, 4) is 6.07 Å². The van der Waals surface area contributed by atoms with Crippen LogP contribution in [0.25, 0.3) is 0 Å². The number of carbonyl (C=O) groups is 1. The van der Waals surface area contributed by atoms with Crippen LogP contribution in [0.4, 0.5) is 0 Å². The second kappa shape index (κ2) is 2.09. The quantitative estimate of drug-likeness (QED) is 0.535. The summed E-state index contributed by atoms with van der Waals surface area (Å²) in [6, 6.07) is 1.78. The first kappa shape index (κ1) is 5.51. The summed E-state index contributed by atoms with van der Waals surface area (Å²) in [5.41, 5.74) is 0.516. The van der Waals surface area contributed by atoms with E-state index >= 15 is 0 Å². The smallest absolute Gasteiger partial charge is 0.154 e. The fourth-order valence-corrected chi connectivity index (χ4v) is 0.474. The van der Waals surface area contributed by atoms with E-state index in [1.807, 2.05) is 0 Å². The molecule has 0 aliphatic carbocycles. The van der Waals surface area contributed by atoms with Crippen molar-refractivity contribution >= 4 is 6.29 Å². The van der Waals surface area contributed by atoms with Gasteiger partial charge in [-0.05, 0) is 0 Å². The van der Waals surface area contributed by atoms with E-state index in [4.69, 9.17) is 5.26 Å². The molecule has 0 radical (unpaired) electrons. The van der Waals surface area contributed by atoms with Crippen LogP contribution in [0, 0.1) is 11.3 Å². The first-order valence-corrected chi connectivity index (χ1v) is 2.27. The van der Waals surface area contributed by atoms with Gasteiger partial charge < -0.3 is 0 Å². The van der Waals surface area contributed by atoms with E-state index in [9.17, 15) is 4.79 Å². The first-order chi connectivity index (χ1) is 4.38. The highest BCUT2D eigenvalue weighted by atomic mass is 16.1. The summed E-state index contributed by atoms with van der Waals surface area (Å²) in [4.78, 5) is 10.0. The lowest BCUT2D eigenvalue weighted by Crippen LogP contribution is -1.79. The van der Waals surface area contributed by atoms with Gasteiger partial charge in [0.2, 0.25) is 0 Å². The fraction of sp³-hybridized carbons (Fsp3) is 0. The van der Waals surface area contributed by atoms with Crippen LogP contribution in [0.1, 0.15) is 16.1 Å². The summed E-state index contributed by atoms with van der Waals surface area (Å²) in [7, 11) is 0. The van der Waals surface area contributed by atoms with E-state index in [2.05, 4.69) is 10.2 Å². The molecule has 0 amide bonds. The van der Waals surface area contributed by atoms with E-state index in [0.29, 0.717) is 11.8 Å². The van der Waals surface area contributed by atoms with Crippen LogP contribution in [0.15, 0.2) is 6.20 Å². The minimum atomic E-state index is 0.213. The van der Waals surface area contributed by atoms with Crippen molar-refractivity contribution in [2.24, 2.45) is 0 Å². The Balaban J connectivity index is 3.17. The van der Waals surface area contributed by atoms with E-state index in [1.54, 1.807) is 6.07 Å². The van der Waals surface area contributed by atoms with Gasteiger partial charge in [-0.25, -0.2) is 0 Å². The number of rotatable bonds is 1.